The van der Waals surface area contributed by atoms with Crippen molar-refractivity contribution < 1.29 is 9.47 Å². The van der Waals surface area contributed by atoms with Crippen LogP contribution in [0.4, 0.5) is 17.5 Å². The normalized spacial score (nSPS) is 14.1. The number of methoxy groups -OCH3 is 1. The highest BCUT2D eigenvalue weighted by Crippen LogP contribution is 2.33. The third-order valence-electron chi connectivity index (χ3n) is 4.04. The molecule has 24 heavy (non-hydrogen) atoms. The van der Waals surface area contributed by atoms with Crippen LogP contribution >= 0.6 is 0 Å². The fourth-order valence-corrected chi connectivity index (χ4v) is 2.50. The van der Waals surface area contributed by atoms with Gasteiger partial charge in [-0.15, -0.1) is 0 Å². The number of benzene rings is 1. The zero-order valence-corrected chi connectivity index (χ0v) is 14.2. The molecule has 2 heterocycles. The van der Waals surface area contributed by atoms with E-state index in [1.54, 1.807) is 13.2 Å². The Labute approximate surface area is 141 Å². The number of aromatic nitrogens is 2. The molecule has 0 aliphatic carbocycles. The van der Waals surface area contributed by atoms with Crippen molar-refractivity contribution in [2.45, 2.75) is 6.92 Å². The number of hydrogen-bond donors (Lipinski definition) is 2. The van der Waals surface area contributed by atoms with Gasteiger partial charge in [-0.05, 0) is 19.1 Å². The smallest absolute Gasteiger partial charge is 0.231 e. The third kappa shape index (κ3) is 3.51. The molecule has 0 atom stereocenters. The molecule has 0 unspecified atom stereocenters. The van der Waals surface area contributed by atoms with Crippen LogP contribution in [0.3, 0.4) is 0 Å². The van der Waals surface area contributed by atoms with Crippen LogP contribution < -0.4 is 25.4 Å². The van der Waals surface area contributed by atoms with Crippen molar-refractivity contribution in [2.75, 3.05) is 44.5 Å². The molecule has 0 amide bonds. The van der Waals surface area contributed by atoms with E-state index in [0.717, 1.165) is 30.2 Å². The van der Waals surface area contributed by atoms with Crippen LogP contribution in [0.15, 0.2) is 24.3 Å². The highest BCUT2D eigenvalue weighted by atomic mass is 16.5. The molecule has 1 aromatic heterocycles. The summed E-state index contributed by atoms with van der Waals surface area (Å²) in [7, 11) is 3.54. The Hall–Kier alpha value is -2.54. The second-order valence-corrected chi connectivity index (χ2v) is 5.96. The monoisotopic (exact) mass is 329 g/mol. The van der Waals surface area contributed by atoms with Gasteiger partial charge >= 0.3 is 0 Å². The first kappa shape index (κ1) is 16.3. The molecular weight excluding hydrogens is 306 g/mol. The molecule has 1 saturated heterocycles. The highest BCUT2D eigenvalue weighted by Gasteiger charge is 2.19. The average Bonchev–Trinajstić information content (AvgIpc) is 2.51. The number of nitrogens with two attached hydrogens (primary N) is 1. The Balaban J connectivity index is 1.83. The van der Waals surface area contributed by atoms with Crippen LogP contribution in [0.1, 0.15) is 5.69 Å². The van der Waals surface area contributed by atoms with Crippen LogP contribution in [0.5, 0.6) is 11.5 Å². The van der Waals surface area contributed by atoms with E-state index < -0.39 is 0 Å². The van der Waals surface area contributed by atoms with Gasteiger partial charge in [0.05, 0.1) is 13.7 Å². The first-order chi connectivity index (χ1) is 11.6. The Morgan fingerprint density at radius 2 is 2.04 bits per heavy atom. The lowest BCUT2D eigenvalue weighted by atomic mass is 10.1. The third-order valence-corrected chi connectivity index (χ3v) is 4.04. The molecule has 128 valence electrons. The van der Waals surface area contributed by atoms with E-state index in [9.17, 15) is 0 Å². The van der Waals surface area contributed by atoms with E-state index in [0.29, 0.717) is 30.0 Å². The number of nitrogens with zero attached hydrogens (tertiary/aromatic N) is 3. The number of rotatable bonds is 6. The summed E-state index contributed by atoms with van der Waals surface area (Å²) in [6.45, 7) is 4.56. The maximum Gasteiger partial charge on any atom is 0.231 e. The topological polar surface area (TPSA) is 85.5 Å². The predicted molar refractivity (Wildman–Crippen MR) is 94.1 cm³/mol. The van der Waals surface area contributed by atoms with E-state index in [-0.39, 0.29) is 0 Å². The fourth-order valence-electron chi connectivity index (χ4n) is 2.50. The molecule has 0 bridgehead atoms. The average molecular weight is 329 g/mol. The van der Waals surface area contributed by atoms with Crippen LogP contribution in [0.25, 0.3) is 0 Å². The van der Waals surface area contributed by atoms with Crippen molar-refractivity contribution in [3.05, 3.63) is 30.0 Å². The maximum absolute atomic E-state index is 5.95. The number of hydrogen-bond acceptors (Lipinski definition) is 7. The van der Waals surface area contributed by atoms with Crippen molar-refractivity contribution >= 4 is 17.5 Å². The van der Waals surface area contributed by atoms with Crippen molar-refractivity contribution in [3.8, 4) is 11.5 Å². The Bertz CT molecular complexity index is 698. The molecule has 1 aromatic carbocycles. The summed E-state index contributed by atoms with van der Waals surface area (Å²) in [4.78, 5) is 10.6. The zero-order valence-electron chi connectivity index (χ0n) is 14.2. The van der Waals surface area contributed by atoms with Crippen LogP contribution in [-0.2, 0) is 0 Å². The van der Waals surface area contributed by atoms with Gasteiger partial charge in [-0.1, -0.05) is 0 Å². The Kier molecular flexibility index (Phi) is 4.71. The van der Waals surface area contributed by atoms with Gasteiger partial charge in [-0.2, -0.15) is 4.98 Å². The summed E-state index contributed by atoms with van der Waals surface area (Å²) < 4.78 is 11.3. The van der Waals surface area contributed by atoms with Crippen LogP contribution in [-0.4, -0.2) is 43.8 Å². The van der Waals surface area contributed by atoms with Crippen molar-refractivity contribution in [1.82, 2.24) is 15.3 Å². The quantitative estimate of drug-likeness (QED) is 0.835. The van der Waals surface area contributed by atoms with Crippen molar-refractivity contribution in [3.63, 3.8) is 0 Å². The fraction of sp³-hybridized carbons (Fsp3) is 0.412. The summed E-state index contributed by atoms with van der Waals surface area (Å²) in [6, 6.07) is 7.51. The summed E-state index contributed by atoms with van der Waals surface area (Å²) in [6.07, 6.45) is 0. The number of aryl methyl sites for hydroxylation is 1. The molecule has 0 saturated carbocycles. The Morgan fingerprint density at radius 1 is 1.25 bits per heavy atom. The lowest BCUT2D eigenvalue weighted by molar-refractivity contribution is 0.193. The van der Waals surface area contributed by atoms with E-state index in [1.165, 1.54) is 0 Å². The number of nitrogen functional groups attached to an aromatic ring is 1. The van der Waals surface area contributed by atoms with Gasteiger partial charge in [0.15, 0.2) is 11.5 Å². The Morgan fingerprint density at radius 3 is 2.67 bits per heavy atom. The number of anilines is 3. The summed E-state index contributed by atoms with van der Waals surface area (Å²) in [5, 5.41) is 3.24. The van der Waals surface area contributed by atoms with Gasteiger partial charge < -0.3 is 25.4 Å². The van der Waals surface area contributed by atoms with Gasteiger partial charge in [-0.3, -0.25) is 0 Å². The zero-order chi connectivity index (χ0) is 17.1. The molecule has 1 fully saturated rings. The van der Waals surface area contributed by atoms with E-state index in [4.69, 9.17) is 15.2 Å². The van der Waals surface area contributed by atoms with Gasteiger partial charge in [0, 0.05) is 49.6 Å². The maximum atomic E-state index is 5.95. The molecule has 2 aromatic rings. The SMILES string of the molecule is COc1ccc(N(C)c2nc(C)cc(N)n2)cc1OCC1CNC1. The van der Waals surface area contributed by atoms with Gasteiger partial charge in [0.2, 0.25) is 5.95 Å². The van der Waals surface area contributed by atoms with E-state index in [2.05, 4.69) is 15.3 Å². The minimum Gasteiger partial charge on any atom is -0.493 e. The summed E-state index contributed by atoms with van der Waals surface area (Å²) in [5.74, 6) is 2.98. The van der Waals surface area contributed by atoms with Gasteiger partial charge in [0.1, 0.15) is 5.82 Å². The van der Waals surface area contributed by atoms with Gasteiger partial charge in [0.25, 0.3) is 0 Å². The predicted octanol–water partition coefficient (Wildman–Crippen LogP) is 1.74. The lowest BCUT2D eigenvalue weighted by Gasteiger charge is -2.27. The largest absolute Gasteiger partial charge is 0.493 e. The second kappa shape index (κ2) is 6.92. The summed E-state index contributed by atoms with van der Waals surface area (Å²) >= 11 is 0. The lowest BCUT2D eigenvalue weighted by Crippen LogP contribution is -2.45. The summed E-state index contributed by atoms with van der Waals surface area (Å²) in [5.41, 5.74) is 7.56. The van der Waals surface area contributed by atoms with Crippen LogP contribution in [0, 0.1) is 12.8 Å². The minimum atomic E-state index is 0.451. The van der Waals surface area contributed by atoms with E-state index in [1.807, 2.05) is 37.1 Å². The molecular formula is C17H23N5O2. The molecule has 3 N–H and O–H groups in total. The molecule has 3 rings (SSSR count). The first-order valence-corrected chi connectivity index (χ1v) is 7.93. The standard InChI is InChI=1S/C17H23N5O2/c1-11-6-16(18)21-17(20-11)22(2)13-4-5-14(23-3)15(7-13)24-10-12-8-19-9-12/h4-7,12,19H,8-10H2,1-3H3,(H2,18,20,21). The molecule has 1 aliphatic rings. The van der Waals surface area contributed by atoms with Crippen molar-refractivity contribution in [1.29, 1.82) is 0 Å². The second-order valence-electron chi connectivity index (χ2n) is 5.96. The number of nitrogens with one attached hydrogen (secondary N) is 1. The molecule has 7 nitrogen and oxygen atoms in total. The molecule has 1 aliphatic heterocycles. The van der Waals surface area contributed by atoms with Crippen molar-refractivity contribution in [2.24, 2.45) is 5.92 Å². The molecule has 0 radical (unpaired) electrons. The highest BCUT2D eigenvalue weighted by molar-refractivity contribution is 5.62. The van der Waals surface area contributed by atoms with E-state index >= 15 is 0 Å². The first-order valence-electron chi connectivity index (χ1n) is 7.93. The minimum absolute atomic E-state index is 0.451. The molecule has 0 spiro atoms. The van der Waals surface area contributed by atoms with Crippen LogP contribution in [0.2, 0.25) is 0 Å². The number of ether oxygens (including phenoxy) is 2. The molecule has 7 heteroatoms. The van der Waals surface area contributed by atoms with Gasteiger partial charge in [-0.25, -0.2) is 4.98 Å².